The van der Waals surface area contributed by atoms with E-state index in [1.54, 1.807) is 13.2 Å². The summed E-state index contributed by atoms with van der Waals surface area (Å²) in [7, 11) is 1.57. The summed E-state index contributed by atoms with van der Waals surface area (Å²) >= 11 is 0. The molecule has 3 aromatic rings. The number of aromatic amines is 1. The average molecular weight is 391 g/mol. The SMILES string of the molecule is C#CCOc1cc(CNC(=O)NCCc2c[nH]c3cc(C)ccc23)ccc1OC. The Morgan fingerprint density at radius 3 is 2.83 bits per heavy atom. The Hall–Kier alpha value is -3.59. The third-order valence-electron chi connectivity index (χ3n) is 4.59. The highest BCUT2D eigenvalue weighted by atomic mass is 16.5. The van der Waals surface area contributed by atoms with Crippen molar-refractivity contribution in [2.45, 2.75) is 19.9 Å². The van der Waals surface area contributed by atoms with E-state index in [9.17, 15) is 4.79 Å². The Labute approximate surface area is 170 Å². The van der Waals surface area contributed by atoms with Crippen LogP contribution in [-0.2, 0) is 13.0 Å². The fourth-order valence-corrected chi connectivity index (χ4v) is 3.13. The maximum atomic E-state index is 12.1. The van der Waals surface area contributed by atoms with E-state index in [1.807, 2.05) is 18.3 Å². The van der Waals surface area contributed by atoms with Gasteiger partial charge in [-0.1, -0.05) is 24.1 Å². The fourth-order valence-electron chi connectivity index (χ4n) is 3.13. The van der Waals surface area contributed by atoms with Gasteiger partial charge in [-0.2, -0.15) is 0 Å². The molecular formula is C23H25N3O3. The summed E-state index contributed by atoms with van der Waals surface area (Å²) < 4.78 is 10.7. The molecule has 0 saturated carbocycles. The smallest absolute Gasteiger partial charge is 0.315 e. The number of hydrogen-bond acceptors (Lipinski definition) is 3. The van der Waals surface area contributed by atoms with E-state index >= 15 is 0 Å². The number of carbonyl (C=O) groups excluding carboxylic acids is 1. The van der Waals surface area contributed by atoms with Crippen molar-refractivity contribution in [3.8, 4) is 23.8 Å². The van der Waals surface area contributed by atoms with Crippen LogP contribution in [0.1, 0.15) is 16.7 Å². The summed E-state index contributed by atoms with van der Waals surface area (Å²) in [5.41, 5.74) is 4.41. The van der Waals surface area contributed by atoms with Crippen LogP contribution < -0.4 is 20.1 Å². The first kappa shape index (κ1) is 20.2. The maximum absolute atomic E-state index is 12.1. The lowest BCUT2D eigenvalue weighted by Crippen LogP contribution is -2.36. The minimum absolute atomic E-state index is 0.154. The van der Waals surface area contributed by atoms with Gasteiger partial charge in [0.25, 0.3) is 0 Å². The van der Waals surface area contributed by atoms with Gasteiger partial charge in [0.05, 0.1) is 7.11 Å². The van der Waals surface area contributed by atoms with Crippen LogP contribution in [0.2, 0.25) is 0 Å². The first-order chi connectivity index (χ1) is 14.1. The van der Waals surface area contributed by atoms with Crippen LogP contribution >= 0.6 is 0 Å². The van der Waals surface area contributed by atoms with Gasteiger partial charge in [-0.25, -0.2) is 4.79 Å². The number of urea groups is 1. The molecule has 0 spiro atoms. The largest absolute Gasteiger partial charge is 0.493 e. The van der Waals surface area contributed by atoms with Gasteiger partial charge in [-0.3, -0.25) is 0 Å². The molecule has 0 fully saturated rings. The molecule has 29 heavy (non-hydrogen) atoms. The molecule has 3 rings (SSSR count). The number of aromatic nitrogens is 1. The summed E-state index contributed by atoms with van der Waals surface area (Å²) in [6.45, 7) is 3.14. The summed E-state index contributed by atoms with van der Waals surface area (Å²) in [5.74, 6) is 3.58. The number of hydrogen-bond donors (Lipinski definition) is 3. The molecule has 0 unspecified atom stereocenters. The first-order valence-corrected chi connectivity index (χ1v) is 9.42. The van der Waals surface area contributed by atoms with Crippen LogP contribution in [0.5, 0.6) is 11.5 Å². The zero-order valence-corrected chi connectivity index (χ0v) is 16.7. The van der Waals surface area contributed by atoms with Crippen LogP contribution in [0.25, 0.3) is 10.9 Å². The number of carbonyl (C=O) groups is 1. The van der Waals surface area contributed by atoms with Gasteiger partial charge in [0, 0.05) is 30.2 Å². The molecule has 0 aliphatic rings. The van der Waals surface area contributed by atoms with Gasteiger partial charge >= 0.3 is 6.03 Å². The molecule has 6 nitrogen and oxygen atoms in total. The van der Waals surface area contributed by atoms with E-state index in [2.05, 4.69) is 46.7 Å². The second kappa shape index (κ2) is 9.56. The first-order valence-electron chi connectivity index (χ1n) is 9.42. The van der Waals surface area contributed by atoms with E-state index in [0.717, 1.165) is 17.5 Å². The highest BCUT2D eigenvalue weighted by molar-refractivity contribution is 5.83. The number of rotatable bonds is 8. The number of terminal acetylenes is 1. The van der Waals surface area contributed by atoms with Crippen molar-refractivity contribution < 1.29 is 14.3 Å². The van der Waals surface area contributed by atoms with Crippen LogP contribution in [0.15, 0.2) is 42.6 Å². The summed E-state index contributed by atoms with van der Waals surface area (Å²) in [5, 5.41) is 6.93. The second-order valence-corrected chi connectivity index (χ2v) is 6.70. The minimum Gasteiger partial charge on any atom is -0.493 e. The molecule has 0 aliphatic carbocycles. The predicted molar refractivity (Wildman–Crippen MR) is 114 cm³/mol. The van der Waals surface area contributed by atoms with Gasteiger partial charge in [0.1, 0.15) is 6.61 Å². The van der Waals surface area contributed by atoms with Crippen molar-refractivity contribution in [1.82, 2.24) is 15.6 Å². The lowest BCUT2D eigenvalue weighted by molar-refractivity contribution is 0.240. The quantitative estimate of drug-likeness (QED) is 0.514. The third kappa shape index (κ3) is 5.23. The van der Waals surface area contributed by atoms with Crippen molar-refractivity contribution in [2.24, 2.45) is 0 Å². The Morgan fingerprint density at radius 1 is 1.17 bits per heavy atom. The van der Waals surface area contributed by atoms with Gasteiger partial charge in [0.2, 0.25) is 0 Å². The van der Waals surface area contributed by atoms with E-state index in [1.165, 1.54) is 16.5 Å². The summed E-state index contributed by atoms with van der Waals surface area (Å²) in [4.78, 5) is 15.4. The van der Waals surface area contributed by atoms with Gasteiger partial charge in [-0.05, 0) is 48.2 Å². The average Bonchev–Trinajstić information content (AvgIpc) is 3.12. The van der Waals surface area contributed by atoms with Crippen LogP contribution in [0.4, 0.5) is 4.79 Å². The number of methoxy groups -OCH3 is 1. The number of benzene rings is 2. The van der Waals surface area contributed by atoms with Crippen molar-refractivity contribution in [3.63, 3.8) is 0 Å². The van der Waals surface area contributed by atoms with Gasteiger partial charge < -0.3 is 25.1 Å². The molecule has 0 atom stereocenters. The van der Waals surface area contributed by atoms with Crippen molar-refractivity contribution in [3.05, 3.63) is 59.3 Å². The molecule has 1 aromatic heterocycles. The number of amides is 2. The lowest BCUT2D eigenvalue weighted by atomic mass is 10.1. The minimum atomic E-state index is -0.220. The maximum Gasteiger partial charge on any atom is 0.315 e. The fraction of sp³-hybridized carbons (Fsp3) is 0.261. The molecule has 0 aliphatic heterocycles. The Bertz CT molecular complexity index is 1030. The molecule has 0 bridgehead atoms. The van der Waals surface area contributed by atoms with E-state index in [0.29, 0.717) is 24.6 Å². The number of aryl methyl sites for hydroxylation is 1. The summed E-state index contributed by atoms with van der Waals surface area (Å²) in [6.07, 6.45) is 7.99. The topological polar surface area (TPSA) is 75.4 Å². The Balaban J connectivity index is 1.49. The number of ether oxygens (including phenoxy) is 2. The molecule has 150 valence electrons. The number of fused-ring (bicyclic) bond motifs is 1. The highest BCUT2D eigenvalue weighted by Crippen LogP contribution is 2.28. The van der Waals surface area contributed by atoms with Crippen LogP contribution in [0, 0.1) is 19.3 Å². The van der Waals surface area contributed by atoms with Crippen LogP contribution in [0.3, 0.4) is 0 Å². The molecule has 3 N–H and O–H groups in total. The van der Waals surface area contributed by atoms with E-state index < -0.39 is 0 Å². The Morgan fingerprint density at radius 2 is 2.03 bits per heavy atom. The third-order valence-corrected chi connectivity index (χ3v) is 4.59. The van der Waals surface area contributed by atoms with Crippen LogP contribution in [-0.4, -0.2) is 31.3 Å². The molecule has 6 heteroatoms. The van der Waals surface area contributed by atoms with E-state index in [-0.39, 0.29) is 12.6 Å². The standard InChI is InChI=1S/C23H25N3O3/c1-4-11-29-22-13-17(6-8-21(22)28-3)14-26-23(27)24-10-9-18-15-25-20-12-16(2)5-7-19(18)20/h1,5-8,12-13,15,25H,9-11,14H2,2-3H3,(H2,24,26,27). The number of nitrogens with one attached hydrogen (secondary N) is 3. The van der Waals surface area contributed by atoms with Crippen molar-refractivity contribution in [2.75, 3.05) is 20.3 Å². The normalized spacial score (nSPS) is 10.4. The molecule has 0 saturated heterocycles. The second-order valence-electron chi connectivity index (χ2n) is 6.70. The highest BCUT2D eigenvalue weighted by Gasteiger charge is 2.08. The zero-order valence-electron chi connectivity index (χ0n) is 16.7. The molecule has 2 aromatic carbocycles. The lowest BCUT2D eigenvalue weighted by Gasteiger charge is -2.12. The predicted octanol–water partition coefficient (Wildman–Crippen LogP) is 3.54. The molecule has 1 heterocycles. The summed E-state index contributed by atoms with van der Waals surface area (Å²) in [6, 6.07) is 11.6. The Kier molecular flexibility index (Phi) is 6.64. The van der Waals surface area contributed by atoms with Gasteiger partial charge in [-0.15, -0.1) is 6.42 Å². The van der Waals surface area contributed by atoms with E-state index in [4.69, 9.17) is 15.9 Å². The molecular weight excluding hydrogens is 366 g/mol. The van der Waals surface area contributed by atoms with Crippen molar-refractivity contribution in [1.29, 1.82) is 0 Å². The molecule has 2 amide bonds. The monoisotopic (exact) mass is 391 g/mol. The zero-order chi connectivity index (χ0) is 20.6. The van der Waals surface area contributed by atoms with Gasteiger partial charge in [0.15, 0.2) is 11.5 Å². The van der Waals surface area contributed by atoms with Crippen molar-refractivity contribution >= 4 is 16.9 Å². The number of H-pyrrole nitrogens is 1. The molecule has 0 radical (unpaired) electrons.